The van der Waals surface area contributed by atoms with Crippen molar-refractivity contribution in [3.05, 3.63) is 47.3 Å². The quantitative estimate of drug-likeness (QED) is 0.810. The van der Waals surface area contributed by atoms with Gasteiger partial charge in [0.25, 0.3) is 5.91 Å². The molecular weight excluding hydrogens is 370 g/mol. The van der Waals surface area contributed by atoms with Gasteiger partial charge in [-0.05, 0) is 58.0 Å². The number of amides is 3. The van der Waals surface area contributed by atoms with Crippen LogP contribution in [0.4, 0.5) is 11.6 Å². The van der Waals surface area contributed by atoms with Crippen LogP contribution in [0.3, 0.4) is 0 Å². The lowest BCUT2D eigenvalue weighted by Crippen LogP contribution is -2.33. The highest BCUT2D eigenvalue weighted by atomic mass is 16.2. The number of aryl methyl sites for hydroxylation is 2. The minimum Gasteiger partial charge on any atom is -0.339 e. The second-order valence-corrected chi connectivity index (χ2v) is 7.54. The maximum absolute atomic E-state index is 12.5. The van der Waals surface area contributed by atoms with Crippen LogP contribution >= 0.6 is 0 Å². The van der Waals surface area contributed by atoms with E-state index in [0.29, 0.717) is 17.8 Å². The van der Waals surface area contributed by atoms with E-state index in [1.807, 2.05) is 33.8 Å². The van der Waals surface area contributed by atoms with Gasteiger partial charge in [0.05, 0.1) is 5.92 Å². The van der Waals surface area contributed by atoms with E-state index in [4.69, 9.17) is 0 Å². The van der Waals surface area contributed by atoms with Gasteiger partial charge in [-0.2, -0.15) is 0 Å². The average Bonchev–Trinajstić information content (AvgIpc) is 3.03. The Morgan fingerprint density at radius 1 is 1.07 bits per heavy atom. The van der Waals surface area contributed by atoms with Crippen LogP contribution in [0.1, 0.15) is 42.0 Å². The largest absolute Gasteiger partial charge is 0.339 e. The molecule has 2 aromatic rings. The van der Waals surface area contributed by atoms with Crippen molar-refractivity contribution < 1.29 is 14.4 Å². The summed E-state index contributed by atoms with van der Waals surface area (Å²) in [7, 11) is 0. The second-order valence-electron chi connectivity index (χ2n) is 7.54. The Hall–Kier alpha value is -3.29. The molecule has 1 aliphatic heterocycles. The van der Waals surface area contributed by atoms with Crippen LogP contribution < -0.4 is 10.6 Å². The Morgan fingerprint density at radius 3 is 2.24 bits per heavy atom. The highest BCUT2D eigenvalue weighted by molar-refractivity contribution is 6.04. The predicted octanol–water partition coefficient (Wildman–Crippen LogP) is 2.54. The van der Waals surface area contributed by atoms with E-state index >= 15 is 0 Å². The van der Waals surface area contributed by atoms with Crippen LogP contribution in [0, 0.1) is 19.8 Å². The van der Waals surface area contributed by atoms with Gasteiger partial charge in [0.15, 0.2) is 0 Å². The third kappa shape index (κ3) is 4.96. The van der Waals surface area contributed by atoms with Crippen LogP contribution in [-0.4, -0.2) is 45.2 Å². The molecule has 8 nitrogen and oxygen atoms in total. The summed E-state index contributed by atoms with van der Waals surface area (Å²) in [5.41, 5.74) is 2.54. The first-order valence-electron chi connectivity index (χ1n) is 9.57. The van der Waals surface area contributed by atoms with Gasteiger partial charge in [-0.1, -0.05) is 0 Å². The molecule has 152 valence electrons. The highest BCUT2D eigenvalue weighted by Gasteiger charge is 2.35. The normalized spacial score (nSPS) is 16.2. The van der Waals surface area contributed by atoms with Crippen LogP contribution in [0.2, 0.25) is 0 Å². The van der Waals surface area contributed by atoms with E-state index in [-0.39, 0.29) is 42.1 Å². The fourth-order valence-corrected chi connectivity index (χ4v) is 3.31. The molecule has 1 aromatic carbocycles. The van der Waals surface area contributed by atoms with Crippen molar-refractivity contribution in [2.24, 2.45) is 5.92 Å². The number of benzene rings is 1. The van der Waals surface area contributed by atoms with Crippen LogP contribution in [-0.2, 0) is 9.59 Å². The number of carbonyl (C=O) groups is 3. The Kier molecular flexibility index (Phi) is 5.91. The number of hydrogen-bond acceptors (Lipinski definition) is 5. The zero-order valence-corrected chi connectivity index (χ0v) is 17.0. The molecule has 1 saturated heterocycles. The second kappa shape index (κ2) is 8.38. The third-order valence-electron chi connectivity index (χ3n) is 4.77. The number of nitrogens with zero attached hydrogens (tertiary/aromatic N) is 3. The molecule has 0 saturated carbocycles. The maximum Gasteiger partial charge on any atom is 0.258 e. The molecule has 3 rings (SSSR count). The molecular formula is C21H25N5O3. The minimum absolute atomic E-state index is 0.000716. The smallest absolute Gasteiger partial charge is 0.258 e. The standard InChI is InChI=1S/C21H25N5O3/c1-12(2)26-11-16(10-18(26)27)20(29)24-17-7-5-15(6-8-17)19(28)25-21-22-13(3)9-14(4)23-21/h5-9,12,16H,10-11H2,1-4H3,(H,24,29)(H,22,23,25,28). The third-order valence-corrected chi connectivity index (χ3v) is 4.77. The van der Waals surface area contributed by atoms with Gasteiger partial charge in [0.1, 0.15) is 0 Å². The highest BCUT2D eigenvalue weighted by Crippen LogP contribution is 2.22. The van der Waals surface area contributed by atoms with Crippen LogP contribution in [0.25, 0.3) is 0 Å². The molecule has 1 aromatic heterocycles. The van der Waals surface area contributed by atoms with E-state index in [2.05, 4.69) is 20.6 Å². The number of nitrogens with one attached hydrogen (secondary N) is 2. The Bertz CT molecular complexity index is 920. The van der Waals surface area contributed by atoms with E-state index < -0.39 is 0 Å². The summed E-state index contributed by atoms with van der Waals surface area (Å²) in [6.07, 6.45) is 0.223. The van der Waals surface area contributed by atoms with Gasteiger partial charge in [0.2, 0.25) is 17.8 Å². The van der Waals surface area contributed by atoms with E-state index in [0.717, 1.165) is 11.4 Å². The first kappa shape index (κ1) is 20.4. The predicted molar refractivity (Wildman–Crippen MR) is 109 cm³/mol. The van der Waals surface area contributed by atoms with E-state index in [9.17, 15) is 14.4 Å². The average molecular weight is 395 g/mol. The van der Waals surface area contributed by atoms with Crippen molar-refractivity contribution in [3.8, 4) is 0 Å². The molecule has 1 unspecified atom stereocenters. The molecule has 0 aliphatic carbocycles. The van der Waals surface area contributed by atoms with E-state index in [1.54, 1.807) is 29.2 Å². The molecule has 3 amide bonds. The zero-order valence-electron chi connectivity index (χ0n) is 17.0. The first-order chi connectivity index (χ1) is 13.7. The fourth-order valence-electron chi connectivity index (χ4n) is 3.31. The van der Waals surface area contributed by atoms with E-state index in [1.165, 1.54) is 0 Å². The summed E-state index contributed by atoms with van der Waals surface area (Å²) in [5.74, 6) is -0.634. The van der Waals surface area contributed by atoms with Gasteiger partial charge in [0, 0.05) is 41.6 Å². The van der Waals surface area contributed by atoms with Crippen molar-refractivity contribution in [2.45, 2.75) is 40.2 Å². The van der Waals surface area contributed by atoms with Gasteiger partial charge in [-0.15, -0.1) is 0 Å². The lowest BCUT2D eigenvalue weighted by Gasteiger charge is -2.20. The summed E-state index contributed by atoms with van der Waals surface area (Å²) in [5, 5.41) is 5.49. The summed E-state index contributed by atoms with van der Waals surface area (Å²) >= 11 is 0. The summed E-state index contributed by atoms with van der Waals surface area (Å²) in [6.45, 7) is 7.97. The van der Waals surface area contributed by atoms with Gasteiger partial charge >= 0.3 is 0 Å². The number of rotatable bonds is 5. The molecule has 0 spiro atoms. The molecule has 0 radical (unpaired) electrons. The van der Waals surface area contributed by atoms with Gasteiger partial charge < -0.3 is 10.2 Å². The molecule has 2 N–H and O–H groups in total. The van der Waals surface area contributed by atoms with Crippen molar-refractivity contribution in [1.29, 1.82) is 0 Å². The van der Waals surface area contributed by atoms with Crippen LogP contribution in [0.5, 0.6) is 0 Å². The van der Waals surface area contributed by atoms with Crippen molar-refractivity contribution in [1.82, 2.24) is 14.9 Å². The Labute approximate surface area is 169 Å². The Morgan fingerprint density at radius 2 is 1.69 bits per heavy atom. The lowest BCUT2D eigenvalue weighted by molar-refractivity contribution is -0.129. The number of hydrogen-bond donors (Lipinski definition) is 2. The number of anilines is 2. The van der Waals surface area contributed by atoms with Crippen LogP contribution in [0.15, 0.2) is 30.3 Å². The molecule has 29 heavy (non-hydrogen) atoms. The van der Waals surface area contributed by atoms with Gasteiger partial charge in [-0.25, -0.2) is 9.97 Å². The molecule has 8 heteroatoms. The Balaban J connectivity index is 1.60. The number of likely N-dealkylation sites (tertiary alicyclic amines) is 1. The van der Waals surface area contributed by atoms with Crippen molar-refractivity contribution in [2.75, 3.05) is 17.2 Å². The molecule has 0 bridgehead atoms. The number of aromatic nitrogens is 2. The first-order valence-corrected chi connectivity index (χ1v) is 9.57. The van der Waals surface area contributed by atoms with Gasteiger partial charge in [-0.3, -0.25) is 19.7 Å². The summed E-state index contributed by atoms with van der Waals surface area (Å²) < 4.78 is 0. The zero-order chi connectivity index (χ0) is 21.1. The monoisotopic (exact) mass is 395 g/mol. The summed E-state index contributed by atoms with van der Waals surface area (Å²) in [4.78, 5) is 46.9. The molecule has 2 heterocycles. The SMILES string of the molecule is Cc1cc(C)nc(NC(=O)c2ccc(NC(=O)C3CC(=O)N(C(C)C)C3)cc2)n1. The molecule has 1 aliphatic rings. The lowest BCUT2D eigenvalue weighted by atomic mass is 10.1. The maximum atomic E-state index is 12.5. The fraction of sp³-hybridized carbons (Fsp3) is 0.381. The molecule has 1 atom stereocenters. The minimum atomic E-state index is -0.366. The molecule has 1 fully saturated rings. The number of carbonyl (C=O) groups excluding carboxylic acids is 3. The van der Waals surface area contributed by atoms with Crippen molar-refractivity contribution in [3.63, 3.8) is 0 Å². The topological polar surface area (TPSA) is 104 Å². The summed E-state index contributed by atoms with van der Waals surface area (Å²) in [6, 6.07) is 8.46. The van der Waals surface area contributed by atoms with Crippen molar-refractivity contribution >= 4 is 29.4 Å².